The van der Waals surface area contributed by atoms with Crippen LogP contribution in [0.2, 0.25) is 0 Å². The number of carbonyl (C=O) groups is 1. The Labute approximate surface area is 114 Å². The molecule has 1 saturated heterocycles. The Morgan fingerprint density at radius 3 is 2.68 bits per heavy atom. The maximum absolute atomic E-state index is 11.4. The van der Waals surface area contributed by atoms with Crippen molar-refractivity contribution in [1.82, 2.24) is 0 Å². The first kappa shape index (κ1) is 13.9. The lowest BCUT2D eigenvalue weighted by molar-refractivity contribution is -0.122. The van der Waals surface area contributed by atoms with E-state index in [1.54, 1.807) is 0 Å². The summed E-state index contributed by atoms with van der Waals surface area (Å²) in [5.74, 6) is -0.257. The van der Waals surface area contributed by atoms with E-state index >= 15 is 0 Å². The molecule has 3 atom stereocenters. The minimum Gasteiger partial charge on any atom is -0.369 e. The lowest BCUT2D eigenvalue weighted by Crippen LogP contribution is -2.46. The van der Waals surface area contributed by atoms with Gasteiger partial charge in [-0.25, -0.2) is 0 Å². The Morgan fingerprint density at radius 1 is 1.37 bits per heavy atom. The van der Waals surface area contributed by atoms with E-state index in [0.717, 1.165) is 24.1 Å². The van der Waals surface area contributed by atoms with Crippen molar-refractivity contribution in [2.45, 2.75) is 38.8 Å². The summed E-state index contributed by atoms with van der Waals surface area (Å²) in [6, 6.07) is 8.55. The van der Waals surface area contributed by atoms with Gasteiger partial charge in [-0.3, -0.25) is 4.79 Å². The third-order valence-corrected chi connectivity index (χ3v) is 4.02. The Bertz CT molecular complexity index is 458. The van der Waals surface area contributed by atoms with Crippen LogP contribution in [0.3, 0.4) is 0 Å². The number of hydrogen-bond donors (Lipinski definition) is 2. The predicted molar refractivity (Wildman–Crippen MR) is 77.8 cm³/mol. The van der Waals surface area contributed by atoms with E-state index in [1.807, 2.05) is 19.1 Å². The van der Waals surface area contributed by atoms with E-state index in [1.165, 1.54) is 0 Å². The number of nitrogens with zero attached hydrogens (tertiary/aromatic N) is 1. The van der Waals surface area contributed by atoms with Crippen LogP contribution in [0.15, 0.2) is 24.3 Å². The molecule has 0 aliphatic carbocycles. The van der Waals surface area contributed by atoms with Crippen LogP contribution in [0, 0.1) is 5.92 Å². The largest absolute Gasteiger partial charge is 0.369 e. The molecule has 19 heavy (non-hydrogen) atoms. The van der Waals surface area contributed by atoms with E-state index in [9.17, 15) is 4.79 Å². The minimum absolute atomic E-state index is 0.0163. The summed E-state index contributed by atoms with van der Waals surface area (Å²) < 4.78 is 0. The summed E-state index contributed by atoms with van der Waals surface area (Å²) in [7, 11) is 0. The van der Waals surface area contributed by atoms with Gasteiger partial charge in [0.2, 0.25) is 5.91 Å². The van der Waals surface area contributed by atoms with Gasteiger partial charge in [0.05, 0.1) is 5.92 Å². The quantitative estimate of drug-likeness (QED) is 0.871. The summed E-state index contributed by atoms with van der Waals surface area (Å²) >= 11 is 0. The fraction of sp³-hybridized carbons (Fsp3) is 0.533. The molecule has 0 spiro atoms. The molecule has 1 heterocycles. The fourth-order valence-electron chi connectivity index (χ4n) is 2.81. The molecule has 0 bridgehead atoms. The van der Waals surface area contributed by atoms with Gasteiger partial charge in [0, 0.05) is 24.3 Å². The smallest absolute Gasteiger partial charge is 0.222 e. The highest BCUT2D eigenvalue weighted by atomic mass is 16.1. The molecule has 4 nitrogen and oxygen atoms in total. The average molecular weight is 261 g/mol. The van der Waals surface area contributed by atoms with Crippen molar-refractivity contribution in [2.75, 3.05) is 11.4 Å². The molecule has 1 amide bonds. The monoisotopic (exact) mass is 261 g/mol. The fourth-order valence-corrected chi connectivity index (χ4v) is 2.81. The zero-order chi connectivity index (χ0) is 14.0. The van der Waals surface area contributed by atoms with Crippen LogP contribution < -0.4 is 16.4 Å². The number of benzene rings is 1. The summed E-state index contributed by atoms with van der Waals surface area (Å²) in [5.41, 5.74) is 13.8. The highest BCUT2D eigenvalue weighted by Crippen LogP contribution is 2.32. The van der Waals surface area contributed by atoms with Crippen molar-refractivity contribution in [3.63, 3.8) is 0 Å². The van der Waals surface area contributed by atoms with Crippen LogP contribution >= 0.6 is 0 Å². The molecule has 4 N–H and O–H groups in total. The molecule has 2 rings (SSSR count). The molecule has 1 fully saturated rings. The summed E-state index contributed by atoms with van der Waals surface area (Å²) in [5, 5.41) is 0. The van der Waals surface area contributed by atoms with Gasteiger partial charge < -0.3 is 16.4 Å². The zero-order valence-corrected chi connectivity index (χ0v) is 11.7. The van der Waals surface area contributed by atoms with Gasteiger partial charge in [0.25, 0.3) is 0 Å². The average Bonchev–Trinajstić information content (AvgIpc) is 2.39. The molecule has 1 aliphatic rings. The molecule has 0 aromatic heterocycles. The highest BCUT2D eigenvalue weighted by Gasteiger charge is 2.29. The number of rotatable bonds is 3. The normalized spacial score (nSPS) is 25.1. The van der Waals surface area contributed by atoms with Crippen LogP contribution in [0.1, 0.15) is 38.3 Å². The second-order valence-electron chi connectivity index (χ2n) is 5.53. The molecule has 0 saturated carbocycles. The van der Waals surface area contributed by atoms with Crippen molar-refractivity contribution in [3.05, 3.63) is 29.8 Å². The van der Waals surface area contributed by atoms with Crippen LogP contribution in [0.25, 0.3) is 0 Å². The maximum Gasteiger partial charge on any atom is 0.222 e. The Kier molecular flexibility index (Phi) is 4.10. The van der Waals surface area contributed by atoms with Gasteiger partial charge in [0.1, 0.15) is 0 Å². The zero-order valence-electron chi connectivity index (χ0n) is 11.7. The van der Waals surface area contributed by atoms with E-state index < -0.39 is 0 Å². The molecular weight excluding hydrogens is 238 g/mol. The van der Waals surface area contributed by atoms with Gasteiger partial charge in [-0.15, -0.1) is 0 Å². The number of amides is 1. The molecule has 0 radical (unpaired) electrons. The molecule has 4 heteroatoms. The molecule has 1 aromatic carbocycles. The SMILES string of the molecule is CC1CCC(C(N)=O)CN1c1ccccc1[C@@H](C)N. The Morgan fingerprint density at radius 2 is 2.05 bits per heavy atom. The first-order valence-electron chi connectivity index (χ1n) is 6.91. The van der Waals surface area contributed by atoms with Crippen molar-refractivity contribution >= 4 is 11.6 Å². The molecule has 2 unspecified atom stereocenters. The van der Waals surface area contributed by atoms with E-state index in [0.29, 0.717) is 12.6 Å². The van der Waals surface area contributed by atoms with Crippen molar-refractivity contribution < 1.29 is 4.79 Å². The van der Waals surface area contributed by atoms with Crippen molar-refractivity contribution in [1.29, 1.82) is 0 Å². The minimum atomic E-state index is -0.199. The van der Waals surface area contributed by atoms with E-state index in [4.69, 9.17) is 11.5 Å². The highest BCUT2D eigenvalue weighted by molar-refractivity contribution is 5.78. The van der Waals surface area contributed by atoms with Crippen LogP contribution in [-0.2, 0) is 4.79 Å². The topological polar surface area (TPSA) is 72.4 Å². The summed E-state index contributed by atoms with van der Waals surface area (Å²) in [6.07, 6.45) is 1.87. The lowest BCUT2D eigenvalue weighted by atomic mass is 9.91. The standard InChI is InChI=1S/C15H23N3O/c1-10-7-8-12(15(17)19)9-18(10)14-6-4-3-5-13(14)11(2)16/h3-6,10-12H,7-9,16H2,1-2H3,(H2,17,19)/t10?,11-,12?/m1/s1. The number of para-hydroxylation sites is 1. The molecule has 104 valence electrons. The Hall–Kier alpha value is -1.55. The molecule has 1 aliphatic heterocycles. The number of piperidine rings is 1. The predicted octanol–water partition coefficient (Wildman–Crippen LogP) is 1.80. The van der Waals surface area contributed by atoms with Gasteiger partial charge in [-0.2, -0.15) is 0 Å². The number of primary amides is 1. The number of carbonyl (C=O) groups excluding carboxylic acids is 1. The van der Waals surface area contributed by atoms with Crippen LogP contribution in [-0.4, -0.2) is 18.5 Å². The van der Waals surface area contributed by atoms with Gasteiger partial charge in [0.15, 0.2) is 0 Å². The van der Waals surface area contributed by atoms with Crippen molar-refractivity contribution in [3.8, 4) is 0 Å². The first-order chi connectivity index (χ1) is 9.00. The van der Waals surface area contributed by atoms with Gasteiger partial charge in [-0.1, -0.05) is 18.2 Å². The second-order valence-corrected chi connectivity index (χ2v) is 5.53. The second kappa shape index (κ2) is 5.61. The third kappa shape index (κ3) is 2.89. The Balaban J connectivity index is 2.31. The lowest BCUT2D eigenvalue weighted by Gasteiger charge is -2.40. The van der Waals surface area contributed by atoms with Gasteiger partial charge in [-0.05, 0) is 38.3 Å². The first-order valence-corrected chi connectivity index (χ1v) is 6.91. The number of anilines is 1. The molecule has 1 aromatic rings. The molecular formula is C15H23N3O. The number of hydrogen-bond acceptors (Lipinski definition) is 3. The van der Waals surface area contributed by atoms with E-state index in [2.05, 4.69) is 24.0 Å². The summed E-state index contributed by atoms with van der Waals surface area (Å²) in [6.45, 7) is 4.87. The number of nitrogens with two attached hydrogens (primary N) is 2. The van der Waals surface area contributed by atoms with Crippen LogP contribution in [0.4, 0.5) is 5.69 Å². The van der Waals surface area contributed by atoms with E-state index in [-0.39, 0.29) is 17.9 Å². The van der Waals surface area contributed by atoms with Crippen LogP contribution in [0.5, 0.6) is 0 Å². The maximum atomic E-state index is 11.4. The summed E-state index contributed by atoms with van der Waals surface area (Å²) in [4.78, 5) is 13.7. The van der Waals surface area contributed by atoms with Crippen molar-refractivity contribution in [2.24, 2.45) is 17.4 Å². The van der Waals surface area contributed by atoms with Gasteiger partial charge >= 0.3 is 0 Å². The third-order valence-electron chi connectivity index (χ3n) is 4.02.